The van der Waals surface area contributed by atoms with Gasteiger partial charge in [0, 0.05) is 44.5 Å². The van der Waals surface area contributed by atoms with Crippen LogP contribution in [-0.2, 0) is 10.0 Å². The first-order chi connectivity index (χ1) is 16.1. The van der Waals surface area contributed by atoms with Crippen LogP contribution in [0, 0.1) is 17.6 Å². The van der Waals surface area contributed by atoms with Crippen LogP contribution in [0.15, 0.2) is 30.1 Å². The number of hydrogen-bond acceptors (Lipinski definition) is 4. The number of hydrogen-bond donors (Lipinski definition) is 0. The molecule has 7 nitrogen and oxygen atoms in total. The Balaban J connectivity index is 1.39. The second-order valence-electron chi connectivity index (χ2n) is 9.74. The Morgan fingerprint density at radius 2 is 1.65 bits per heavy atom. The van der Waals surface area contributed by atoms with Crippen LogP contribution in [0.2, 0.25) is 0 Å². The molecule has 0 unspecified atom stereocenters. The number of benzene rings is 1. The van der Waals surface area contributed by atoms with Crippen LogP contribution in [0.3, 0.4) is 0 Å². The Morgan fingerprint density at radius 3 is 2.18 bits per heavy atom. The van der Waals surface area contributed by atoms with Gasteiger partial charge in [0.25, 0.3) is 0 Å². The van der Waals surface area contributed by atoms with Crippen LogP contribution in [0.1, 0.15) is 50.5 Å². The summed E-state index contributed by atoms with van der Waals surface area (Å²) >= 11 is 0. The Kier molecular flexibility index (Phi) is 7.59. The monoisotopic (exact) mass is 495 g/mol. The van der Waals surface area contributed by atoms with E-state index in [0.717, 1.165) is 50.7 Å². The molecule has 3 heterocycles. The number of carbonyl (C=O) groups excluding carboxylic acids is 1. The maximum absolute atomic E-state index is 14.0. The van der Waals surface area contributed by atoms with Crippen LogP contribution >= 0.6 is 0 Å². The van der Waals surface area contributed by atoms with E-state index in [1.54, 1.807) is 4.90 Å². The number of halogens is 2. The van der Waals surface area contributed by atoms with Crippen molar-refractivity contribution in [1.29, 1.82) is 0 Å². The molecule has 0 aromatic heterocycles. The van der Waals surface area contributed by atoms with Gasteiger partial charge in [-0.2, -0.15) is 5.32 Å². The minimum Gasteiger partial charge on any atom is -0.303 e. The summed E-state index contributed by atoms with van der Waals surface area (Å²) in [5.41, 5.74) is 1.38. The molecule has 0 aliphatic carbocycles. The van der Waals surface area contributed by atoms with Gasteiger partial charge in [-0.05, 0) is 75.1 Å². The molecule has 0 spiro atoms. The van der Waals surface area contributed by atoms with Crippen molar-refractivity contribution in [3.05, 3.63) is 47.3 Å². The Bertz CT molecular complexity index is 1010. The molecule has 0 N–H and O–H groups in total. The zero-order valence-corrected chi connectivity index (χ0v) is 20.6. The predicted octanol–water partition coefficient (Wildman–Crippen LogP) is 3.48. The molecule has 2 amide bonds. The first-order valence-corrected chi connectivity index (χ1v) is 13.8. The fraction of sp³-hybridized carbons (Fsp3) is 0.625. The van der Waals surface area contributed by atoms with Gasteiger partial charge < -0.3 is 4.90 Å². The summed E-state index contributed by atoms with van der Waals surface area (Å²) in [6, 6.07) is 3.68. The highest BCUT2D eigenvalue weighted by Gasteiger charge is 2.33. The van der Waals surface area contributed by atoms with Gasteiger partial charge in [-0.25, -0.2) is 26.3 Å². The van der Waals surface area contributed by atoms with Gasteiger partial charge >= 0.3 is 6.03 Å². The highest BCUT2D eigenvalue weighted by Crippen LogP contribution is 2.37. The third-order valence-corrected chi connectivity index (χ3v) is 8.68. The topological polar surface area (TPSA) is 75.0 Å². The van der Waals surface area contributed by atoms with Crippen molar-refractivity contribution < 1.29 is 22.0 Å². The fourth-order valence-corrected chi connectivity index (χ4v) is 6.45. The maximum atomic E-state index is 14.0. The van der Waals surface area contributed by atoms with Crippen molar-refractivity contribution in [2.75, 3.05) is 39.0 Å². The summed E-state index contributed by atoms with van der Waals surface area (Å²) in [5.74, 6) is -1.06. The third kappa shape index (κ3) is 5.95. The first-order valence-electron chi connectivity index (χ1n) is 12.0. The van der Waals surface area contributed by atoms with Crippen LogP contribution < -0.4 is 5.32 Å². The Labute approximate surface area is 200 Å². The largest absolute Gasteiger partial charge is 0.348 e. The SMILES string of the molecule is CC1=CN(C2CCN(CC[C@@H](c3cc(F)cc(F)c3)C3CCN(S(C)(=O)=O)CC3)CC2)C(=O)[N]1. The molecule has 34 heavy (non-hydrogen) atoms. The third-order valence-electron chi connectivity index (χ3n) is 7.38. The molecular weight excluding hydrogens is 462 g/mol. The fourth-order valence-electron chi connectivity index (χ4n) is 5.57. The molecule has 0 saturated carbocycles. The molecule has 2 fully saturated rings. The molecular formula is C24H33F2N4O3S. The van der Waals surface area contributed by atoms with Gasteiger partial charge in [-0.15, -0.1) is 0 Å². The van der Waals surface area contributed by atoms with E-state index in [1.165, 1.54) is 22.7 Å². The van der Waals surface area contributed by atoms with E-state index < -0.39 is 21.7 Å². The van der Waals surface area contributed by atoms with Crippen LogP contribution in [0.25, 0.3) is 0 Å². The molecule has 187 valence electrons. The zero-order valence-electron chi connectivity index (χ0n) is 19.8. The van der Waals surface area contributed by atoms with Crippen molar-refractivity contribution in [3.8, 4) is 0 Å². The van der Waals surface area contributed by atoms with E-state index in [1.807, 2.05) is 13.1 Å². The lowest BCUT2D eigenvalue weighted by Crippen LogP contribution is -2.45. The van der Waals surface area contributed by atoms with Gasteiger partial charge in [-0.1, -0.05) is 0 Å². The number of likely N-dealkylation sites (tertiary alicyclic amines) is 1. The number of carbonyl (C=O) groups is 1. The molecule has 0 bridgehead atoms. The van der Waals surface area contributed by atoms with Gasteiger partial charge in [0.15, 0.2) is 0 Å². The summed E-state index contributed by atoms with van der Waals surface area (Å²) in [6.45, 7) is 5.17. The molecule has 3 aliphatic rings. The molecule has 10 heteroatoms. The Hall–Kier alpha value is -2.04. The summed E-state index contributed by atoms with van der Waals surface area (Å²) in [6.07, 6.45) is 6.84. The van der Waals surface area contributed by atoms with E-state index in [0.29, 0.717) is 31.5 Å². The summed E-state index contributed by atoms with van der Waals surface area (Å²) in [4.78, 5) is 16.1. The summed E-state index contributed by atoms with van der Waals surface area (Å²) < 4.78 is 53.4. The van der Waals surface area contributed by atoms with Crippen LogP contribution in [-0.4, -0.2) is 73.6 Å². The van der Waals surface area contributed by atoms with Crippen molar-refractivity contribution in [2.24, 2.45) is 5.92 Å². The average molecular weight is 496 g/mol. The normalized spacial score (nSPS) is 22.6. The maximum Gasteiger partial charge on any atom is 0.348 e. The lowest BCUT2D eigenvalue weighted by Gasteiger charge is -2.38. The minimum atomic E-state index is -3.24. The molecule has 1 aromatic rings. The summed E-state index contributed by atoms with van der Waals surface area (Å²) in [5, 5.41) is 3.98. The van der Waals surface area contributed by atoms with Gasteiger partial charge in [0.1, 0.15) is 11.6 Å². The van der Waals surface area contributed by atoms with E-state index in [-0.39, 0.29) is 23.9 Å². The van der Waals surface area contributed by atoms with Gasteiger partial charge in [0.2, 0.25) is 10.0 Å². The van der Waals surface area contributed by atoms with Gasteiger partial charge in [-0.3, -0.25) is 4.90 Å². The average Bonchev–Trinajstić information content (AvgIpc) is 3.11. The molecule has 1 atom stereocenters. The van der Waals surface area contributed by atoms with Crippen molar-refractivity contribution in [1.82, 2.24) is 19.4 Å². The number of urea groups is 1. The number of piperidine rings is 2. The highest BCUT2D eigenvalue weighted by atomic mass is 32.2. The molecule has 1 aromatic carbocycles. The smallest absolute Gasteiger partial charge is 0.303 e. The van der Waals surface area contributed by atoms with E-state index in [2.05, 4.69) is 10.2 Å². The lowest BCUT2D eigenvalue weighted by molar-refractivity contribution is 0.142. The number of allylic oxidation sites excluding steroid dienone is 1. The van der Waals surface area contributed by atoms with Crippen LogP contribution in [0.4, 0.5) is 13.6 Å². The first kappa shape index (κ1) is 25.1. The van der Waals surface area contributed by atoms with E-state index >= 15 is 0 Å². The summed E-state index contributed by atoms with van der Waals surface area (Å²) in [7, 11) is -3.24. The second-order valence-corrected chi connectivity index (χ2v) is 11.7. The molecule has 3 aliphatic heterocycles. The van der Waals surface area contributed by atoms with E-state index in [4.69, 9.17) is 0 Å². The van der Waals surface area contributed by atoms with Crippen molar-refractivity contribution in [2.45, 2.75) is 51.0 Å². The molecule has 2 saturated heterocycles. The second kappa shape index (κ2) is 10.3. The number of sulfonamides is 1. The van der Waals surface area contributed by atoms with Crippen LogP contribution in [0.5, 0.6) is 0 Å². The minimum absolute atomic E-state index is 0.0471. The number of rotatable bonds is 7. The zero-order chi connectivity index (χ0) is 24.5. The van der Waals surface area contributed by atoms with E-state index in [9.17, 15) is 22.0 Å². The van der Waals surface area contributed by atoms with Crippen molar-refractivity contribution >= 4 is 16.1 Å². The number of amides is 2. The predicted molar refractivity (Wildman–Crippen MR) is 125 cm³/mol. The standard InChI is InChI=1S/C24H33F2N4O3S/c1-17-16-30(24(31)27-17)22-5-8-28(9-6-22)10-7-23(19-13-20(25)15-21(26)14-19)18-3-11-29(12-4-18)34(2,32)33/h13-16,18,22-23H,3-12H2,1-2H3/t23-/m1/s1. The molecule has 4 rings (SSSR count). The van der Waals surface area contributed by atoms with Crippen molar-refractivity contribution in [3.63, 3.8) is 0 Å². The number of nitrogens with zero attached hydrogens (tertiary/aromatic N) is 4. The Morgan fingerprint density at radius 1 is 1.03 bits per heavy atom. The van der Waals surface area contributed by atoms with Gasteiger partial charge in [0.05, 0.1) is 12.0 Å². The highest BCUT2D eigenvalue weighted by molar-refractivity contribution is 7.88. The molecule has 1 radical (unpaired) electrons. The lowest BCUT2D eigenvalue weighted by atomic mass is 9.78. The quantitative estimate of drug-likeness (QED) is 0.581.